The molecule has 0 unspecified atom stereocenters. The van der Waals surface area contributed by atoms with Crippen molar-refractivity contribution in [2.75, 3.05) is 31.1 Å². The van der Waals surface area contributed by atoms with Crippen LogP contribution in [0.15, 0.2) is 67.3 Å². The Morgan fingerprint density at radius 1 is 0.840 bits per heavy atom. The number of rotatable bonds is 3. The molecule has 1 amide bonds. The van der Waals surface area contributed by atoms with E-state index in [1.54, 1.807) is 23.3 Å². The fraction of sp³-hybridized carbons (Fsp3) is 0.211. The first-order chi connectivity index (χ1) is 12.3. The maximum Gasteiger partial charge on any atom is 0.253 e. The van der Waals surface area contributed by atoms with Gasteiger partial charge in [-0.1, -0.05) is 0 Å². The Morgan fingerprint density at radius 2 is 1.56 bits per heavy atom. The summed E-state index contributed by atoms with van der Waals surface area (Å²) >= 11 is 0. The van der Waals surface area contributed by atoms with E-state index >= 15 is 0 Å². The lowest BCUT2D eigenvalue weighted by Gasteiger charge is -2.36. The quantitative estimate of drug-likeness (QED) is 0.737. The zero-order chi connectivity index (χ0) is 17.1. The first-order valence-corrected chi connectivity index (χ1v) is 8.35. The van der Waals surface area contributed by atoms with E-state index in [1.165, 1.54) is 0 Å². The van der Waals surface area contributed by atoms with Crippen molar-refractivity contribution in [3.8, 4) is 5.69 Å². The van der Waals surface area contributed by atoms with Crippen LogP contribution in [0.2, 0.25) is 0 Å². The number of carbonyl (C=O) groups is 1. The fourth-order valence-electron chi connectivity index (χ4n) is 3.08. The number of carbonyl (C=O) groups excluding carboxylic acids is 1. The highest BCUT2D eigenvalue weighted by Crippen LogP contribution is 2.17. The number of hydrogen-bond acceptors (Lipinski definition) is 4. The van der Waals surface area contributed by atoms with Gasteiger partial charge >= 0.3 is 0 Å². The van der Waals surface area contributed by atoms with Crippen LogP contribution in [0.5, 0.6) is 0 Å². The smallest absolute Gasteiger partial charge is 0.253 e. The van der Waals surface area contributed by atoms with Gasteiger partial charge in [0.25, 0.3) is 5.91 Å². The lowest BCUT2D eigenvalue weighted by molar-refractivity contribution is 0.0747. The molecule has 3 aromatic rings. The number of amides is 1. The van der Waals surface area contributed by atoms with E-state index in [9.17, 15) is 4.79 Å². The van der Waals surface area contributed by atoms with Crippen LogP contribution in [0.3, 0.4) is 0 Å². The highest BCUT2D eigenvalue weighted by molar-refractivity contribution is 5.94. The molecule has 1 aromatic carbocycles. The minimum atomic E-state index is 0.0846. The molecule has 1 aliphatic rings. The number of aromatic nitrogens is 3. The van der Waals surface area contributed by atoms with Crippen molar-refractivity contribution in [1.29, 1.82) is 0 Å². The Labute approximate surface area is 146 Å². The number of pyridine rings is 1. The third-order valence-electron chi connectivity index (χ3n) is 4.48. The lowest BCUT2D eigenvalue weighted by atomic mass is 10.1. The van der Waals surface area contributed by atoms with E-state index in [1.807, 2.05) is 53.6 Å². The molecule has 0 N–H and O–H groups in total. The molecule has 0 atom stereocenters. The van der Waals surface area contributed by atoms with Gasteiger partial charge < -0.3 is 9.80 Å². The lowest BCUT2D eigenvalue weighted by Crippen LogP contribution is -2.48. The van der Waals surface area contributed by atoms with Gasteiger partial charge in [0.05, 0.1) is 5.69 Å². The second-order valence-corrected chi connectivity index (χ2v) is 5.98. The molecule has 0 saturated carbocycles. The molecule has 1 saturated heterocycles. The van der Waals surface area contributed by atoms with E-state index in [-0.39, 0.29) is 5.91 Å². The van der Waals surface area contributed by atoms with Crippen molar-refractivity contribution in [2.45, 2.75) is 0 Å². The van der Waals surface area contributed by atoms with E-state index in [0.717, 1.165) is 37.6 Å². The van der Waals surface area contributed by atoms with E-state index in [2.05, 4.69) is 15.0 Å². The molecule has 25 heavy (non-hydrogen) atoms. The van der Waals surface area contributed by atoms with Crippen LogP contribution in [0.4, 0.5) is 5.69 Å². The van der Waals surface area contributed by atoms with Gasteiger partial charge in [-0.2, -0.15) is 5.10 Å². The molecule has 0 bridgehead atoms. The normalized spacial score (nSPS) is 14.6. The monoisotopic (exact) mass is 333 g/mol. The maximum absolute atomic E-state index is 12.7. The molecule has 6 heteroatoms. The summed E-state index contributed by atoms with van der Waals surface area (Å²) in [6, 6.07) is 13.5. The third kappa shape index (κ3) is 3.24. The van der Waals surface area contributed by atoms with Crippen molar-refractivity contribution in [3.05, 3.63) is 72.8 Å². The largest absolute Gasteiger partial charge is 0.368 e. The van der Waals surface area contributed by atoms with Crippen molar-refractivity contribution in [1.82, 2.24) is 19.7 Å². The van der Waals surface area contributed by atoms with Crippen LogP contribution < -0.4 is 4.90 Å². The molecule has 2 aromatic heterocycles. The predicted octanol–water partition coefficient (Wildman–Crippen LogP) is 2.23. The number of hydrogen-bond donors (Lipinski definition) is 0. The first-order valence-electron chi connectivity index (χ1n) is 8.35. The number of nitrogens with zero attached hydrogens (tertiary/aromatic N) is 5. The van der Waals surface area contributed by atoms with Crippen LogP contribution in [-0.4, -0.2) is 51.8 Å². The molecule has 0 spiro atoms. The van der Waals surface area contributed by atoms with Crippen LogP contribution in [0.25, 0.3) is 5.69 Å². The van der Waals surface area contributed by atoms with Gasteiger partial charge in [0.1, 0.15) is 0 Å². The Balaban J connectivity index is 1.40. The van der Waals surface area contributed by atoms with Gasteiger partial charge in [0.2, 0.25) is 0 Å². The minimum absolute atomic E-state index is 0.0846. The summed E-state index contributed by atoms with van der Waals surface area (Å²) in [5.74, 6) is 0.0846. The number of anilines is 1. The minimum Gasteiger partial charge on any atom is -0.368 e. The standard InChI is InChI=1S/C19H19N5O/c25-19(16-2-4-18(5-3-16)24-11-1-8-21-24)23-14-12-22(13-15-23)17-6-9-20-10-7-17/h1-11H,12-15H2. The first kappa shape index (κ1) is 15.4. The second kappa shape index (κ2) is 6.76. The highest BCUT2D eigenvalue weighted by Gasteiger charge is 2.22. The SMILES string of the molecule is O=C(c1ccc(-n2cccn2)cc1)N1CCN(c2ccncc2)CC1. The Morgan fingerprint density at radius 3 is 2.20 bits per heavy atom. The zero-order valence-electron chi connectivity index (χ0n) is 13.8. The van der Waals surface area contributed by atoms with Gasteiger partial charge in [-0.15, -0.1) is 0 Å². The number of piperazine rings is 1. The fourth-order valence-corrected chi connectivity index (χ4v) is 3.08. The second-order valence-electron chi connectivity index (χ2n) is 5.98. The van der Waals surface area contributed by atoms with Gasteiger partial charge in [0, 0.05) is 62.2 Å². The van der Waals surface area contributed by atoms with Crippen molar-refractivity contribution in [3.63, 3.8) is 0 Å². The van der Waals surface area contributed by atoms with Crippen molar-refractivity contribution in [2.24, 2.45) is 0 Å². The van der Waals surface area contributed by atoms with E-state index in [0.29, 0.717) is 5.56 Å². The summed E-state index contributed by atoms with van der Waals surface area (Å²) in [4.78, 5) is 21.0. The summed E-state index contributed by atoms with van der Waals surface area (Å²) in [5, 5.41) is 4.20. The van der Waals surface area contributed by atoms with Crippen LogP contribution in [-0.2, 0) is 0 Å². The van der Waals surface area contributed by atoms with Crippen LogP contribution in [0.1, 0.15) is 10.4 Å². The topological polar surface area (TPSA) is 54.3 Å². The summed E-state index contributed by atoms with van der Waals surface area (Å²) in [7, 11) is 0. The Kier molecular flexibility index (Phi) is 4.16. The molecular formula is C19H19N5O. The number of benzene rings is 1. The summed E-state index contributed by atoms with van der Waals surface area (Å²) in [5.41, 5.74) is 2.82. The van der Waals surface area contributed by atoms with Gasteiger partial charge in [-0.05, 0) is 42.5 Å². The third-order valence-corrected chi connectivity index (χ3v) is 4.48. The van der Waals surface area contributed by atoms with Crippen LogP contribution >= 0.6 is 0 Å². The van der Waals surface area contributed by atoms with Gasteiger partial charge in [-0.25, -0.2) is 4.68 Å². The van der Waals surface area contributed by atoms with Gasteiger partial charge in [-0.3, -0.25) is 9.78 Å². The molecule has 1 aliphatic heterocycles. The summed E-state index contributed by atoms with van der Waals surface area (Å²) in [6.07, 6.45) is 7.22. The highest BCUT2D eigenvalue weighted by atomic mass is 16.2. The van der Waals surface area contributed by atoms with Gasteiger partial charge in [0.15, 0.2) is 0 Å². The van der Waals surface area contributed by atoms with Crippen molar-refractivity contribution >= 4 is 11.6 Å². The zero-order valence-corrected chi connectivity index (χ0v) is 13.8. The van der Waals surface area contributed by atoms with Crippen molar-refractivity contribution < 1.29 is 4.79 Å². The van der Waals surface area contributed by atoms with E-state index in [4.69, 9.17) is 0 Å². The molecular weight excluding hydrogens is 314 g/mol. The molecule has 126 valence electrons. The molecule has 4 rings (SSSR count). The molecule has 3 heterocycles. The summed E-state index contributed by atoms with van der Waals surface area (Å²) < 4.78 is 1.78. The molecule has 0 radical (unpaired) electrons. The molecule has 0 aliphatic carbocycles. The van der Waals surface area contributed by atoms with E-state index < -0.39 is 0 Å². The summed E-state index contributed by atoms with van der Waals surface area (Å²) in [6.45, 7) is 3.12. The predicted molar refractivity (Wildman–Crippen MR) is 95.9 cm³/mol. The Hall–Kier alpha value is -3.15. The Bertz CT molecular complexity index is 822. The van der Waals surface area contributed by atoms with Crippen LogP contribution in [0, 0.1) is 0 Å². The molecule has 6 nitrogen and oxygen atoms in total. The average Bonchev–Trinajstić information content (AvgIpc) is 3.23. The maximum atomic E-state index is 12.7. The average molecular weight is 333 g/mol. The molecule has 1 fully saturated rings.